The first-order valence-corrected chi connectivity index (χ1v) is 5.17. The Labute approximate surface area is 93.9 Å². The minimum atomic E-state index is 0.0809. The van der Waals surface area contributed by atoms with E-state index in [2.05, 4.69) is 10.1 Å². The highest BCUT2D eigenvalue weighted by molar-refractivity contribution is 5.94. The van der Waals surface area contributed by atoms with Crippen LogP contribution < -0.4 is 0 Å². The summed E-state index contributed by atoms with van der Waals surface area (Å²) in [6, 6.07) is 5.59. The number of hydrogen-bond acceptors (Lipinski definition) is 3. The van der Waals surface area contributed by atoms with Crippen LogP contribution in [0.1, 0.15) is 22.5 Å². The van der Waals surface area contributed by atoms with E-state index in [9.17, 15) is 4.79 Å². The second kappa shape index (κ2) is 4.70. The number of hydrogen-bond donors (Lipinski definition) is 0. The van der Waals surface area contributed by atoms with Crippen LogP contribution in [0.2, 0.25) is 0 Å². The summed E-state index contributed by atoms with van der Waals surface area (Å²) in [5.74, 6) is 0.0809. The number of aromatic nitrogens is 3. The van der Waals surface area contributed by atoms with E-state index in [0.29, 0.717) is 12.1 Å². The molecular formula is C12H13N3O. The van der Waals surface area contributed by atoms with Crippen LogP contribution in [0.3, 0.4) is 0 Å². The molecule has 0 unspecified atom stereocenters. The van der Waals surface area contributed by atoms with Gasteiger partial charge in [-0.2, -0.15) is 5.10 Å². The predicted octanol–water partition coefficient (Wildman–Crippen LogP) is 1.63. The summed E-state index contributed by atoms with van der Waals surface area (Å²) in [4.78, 5) is 15.7. The monoisotopic (exact) mass is 215 g/mol. The van der Waals surface area contributed by atoms with Crippen molar-refractivity contribution in [3.63, 3.8) is 0 Å². The van der Waals surface area contributed by atoms with Crippen molar-refractivity contribution in [1.82, 2.24) is 14.8 Å². The molecule has 0 spiro atoms. The van der Waals surface area contributed by atoms with Crippen LogP contribution in [0.5, 0.6) is 0 Å². The van der Waals surface area contributed by atoms with E-state index < -0.39 is 0 Å². The molecule has 0 amide bonds. The zero-order valence-electron chi connectivity index (χ0n) is 9.13. The van der Waals surface area contributed by atoms with Crippen LogP contribution >= 0.6 is 0 Å². The third-order valence-corrected chi connectivity index (χ3v) is 2.39. The molecule has 0 aromatic carbocycles. The number of ketones is 1. The minimum Gasteiger partial charge on any atom is -0.292 e. The summed E-state index contributed by atoms with van der Waals surface area (Å²) in [5.41, 5.74) is 1.66. The van der Waals surface area contributed by atoms with Crippen molar-refractivity contribution in [3.8, 4) is 0 Å². The Morgan fingerprint density at radius 1 is 1.31 bits per heavy atom. The predicted molar refractivity (Wildman–Crippen MR) is 60.1 cm³/mol. The van der Waals surface area contributed by atoms with Gasteiger partial charge in [-0.3, -0.25) is 14.5 Å². The molecule has 2 heterocycles. The van der Waals surface area contributed by atoms with Crippen LogP contribution in [0.4, 0.5) is 0 Å². The molecule has 0 fully saturated rings. The first-order valence-electron chi connectivity index (χ1n) is 5.17. The maximum atomic E-state index is 11.7. The number of aryl methyl sites for hydroxylation is 2. The highest BCUT2D eigenvalue weighted by Crippen LogP contribution is 2.05. The summed E-state index contributed by atoms with van der Waals surface area (Å²) in [6.45, 7) is 0. The molecule has 0 aliphatic rings. The highest BCUT2D eigenvalue weighted by atomic mass is 16.1. The van der Waals surface area contributed by atoms with Gasteiger partial charge < -0.3 is 0 Å². The Kier molecular flexibility index (Phi) is 3.10. The van der Waals surface area contributed by atoms with Gasteiger partial charge in [0, 0.05) is 32.1 Å². The normalized spacial score (nSPS) is 10.3. The molecule has 0 aliphatic carbocycles. The molecule has 82 valence electrons. The Morgan fingerprint density at radius 3 is 2.69 bits per heavy atom. The zero-order valence-corrected chi connectivity index (χ0v) is 9.13. The number of pyridine rings is 1. The maximum Gasteiger partial charge on any atom is 0.183 e. The molecular weight excluding hydrogens is 202 g/mol. The number of rotatable bonds is 4. The number of nitrogens with zero attached hydrogens (tertiary/aromatic N) is 3. The summed E-state index contributed by atoms with van der Waals surface area (Å²) >= 11 is 0. The van der Waals surface area contributed by atoms with Gasteiger partial charge in [0.15, 0.2) is 5.78 Å². The van der Waals surface area contributed by atoms with Gasteiger partial charge in [0.25, 0.3) is 0 Å². The lowest BCUT2D eigenvalue weighted by Gasteiger charge is -1.98. The van der Waals surface area contributed by atoms with Crippen molar-refractivity contribution in [2.75, 3.05) is 0 Å². The summed E-state index contributed by atoms with van der Waals surface area (Å²) in [5, 5.41) is 4.08. The number of carbonyl (C=O) groups excluding carboxylic acids is 1. The van der Waals surface area contributed by atoms with Gasteiger partial charge in [0.05, 0.1) is 0 Å². The number of Topliss-reactive ketones (excluding diaryl/α,β-unsaturated/α-hetero) is 1. The van der Waals surface area contributed by atoms with Gasteiger partial charge in [0.2, 0.25) is 0 Å². The highest BCUT2D eigenvalue weighted by Gasteiger charge is 2.08. The molecule has 0 radical (unpaired) electrons. The Balaban J connectivity index is 1.94. The average Bonchev–Trinajstić information content (AvgIpc) is 2.74. The third kappa shape index (κ3) is 2.53. The Bertz CT molecular complexity index is 476. The average molecular weight is 215 g/mol. The fourth-order valence-electron chi connectivity index (χ4n) is 1.50. The van der Waals surface area contributed by atoms with Crippen molar-refractivity contribution in [2.45, 2.75) is 12.8 Å². The Morgan fingerprint density at radius 2 is 2.06 bits per heavy atom. The van der Waals surface area contributed by atoms with Gasteiger partial charge in [-0.15, -0.1) is 0 Å². The topological polar surface area (TPSA) is 47.8 Å². The van der Waals surface area contributed by atoms with E-state index in [-0.39, 0.29) is 5.78 Å². The van der Waals surface area contributed by atoms with Crippen molar-refractivity contribution in [2.24, 2.45) is 7.05 Å². The molecule has 4 heteroatoms. The molecule has 0 N–H and O–H groups in total. The van der Waals surface area contributed by atoms with E-state index in [0.717, 1.165) is 12.0 Å². The van der Waals surface area contributed by atoms with Gasteiger partial charge >= 0.3 is 0 Å². The molecule has 0 saturated carbocycles. The maximum absolute atomic E-state index is 11.7. The second-order valence-corrected chi connectivity index (χ2v) is 3.65. The molecule has 0 atom stereocenters. The lowest BCUT2D eigenvalue weighted by atomic mass is 10.1. The fourth-order valence-corrected chi connectivity index (χ4v) is 1.50. The van der Waals surface area contributed by atoms with Crippen LogP contribution in [-0.4, -0.2) is 20.5 Å². The van der Waals surface area contributed by atoms with Crippen LogP contribution in [0.15, 0.2) is 36.8 Å². The lowest BCUT2D eigenvalue weighted by Crippen LogP contribution is -2.03. The standard InChI is InChI=1S/C12H13N3O/c1-15-9-6-11(14-15)12(16)3-2-10-4-7-13-8-5-10/h4-9H,2-3H2,1H3. The molecule has 2 rings (SSSR count). The first-order chi connectivity index (χ1) is 7.75. The second-order valence-electron chi connectivity index (χ2n) is 3.65. The summed E-state index contributed by atoms with van der Waals surface area (Å²) in [6.07, 6.45) is 6.47. The van der Waals surface area contributed by atoms with Crippen LogP contribution in [-0.2, 0) is 13.5 Å². The van der Waals surface area contributed by atoms with Gasteiger partial charge in [-0.25, -0.2) is 0 Å². The molecule has 0 aliphatic heterocycles. The fraction of sp³-hybridized carbons (Fsp3) is 0.250. The van der Waals surface area contributed by atoms with Crippen molar-refractivity contribution < 1.29 is 4.79 Å². The van der Waals surface area contributed by atoms with E-state index in [1.54, 1.807) is 36.4 Å². The smallest absolute Gasteiger partial charge is 0.183 e. The lowest BCUT2D eigenvalue weighted by molar-refractivity contribution is 0.0977. The van der Waals surface area contributed by atoms with Gasteiger partial charge in [-0.1, -0.05) is 0 Å². The Hall–Kier alpha value is -1.97. The zero-order chi connectivity index (χ0) is 11.4. The number of carbonyl (C=O) groups is 1. The third-order valence-electron chi connectivity index (χ3n) is 2.39. The minimum absolute atomic E-state index is 0.0809. The van der Waals surface area contributed by atoms with Crippen molar-refractivity contribution in [1.29, 1.82) is 0 Å². The van der Waals surface area contributed by atoms with E-state index in [4.69, 9.17) is 0 Å². The molecule has 2 aromatic heterocycles. The van der Waals surface area contributed by atoms with Crippen LogP contribution in [0.25, 0.3) is 0 Å². The van der Waals surface area contributed by atoms with Crippen molar-refractivity contribution >= 4 is 5.78 Å². The summed E-state index contributed by atoms with van der Waals surface area (Å²) in [7, 11) is 1.81. The SMILES string of the molecule is Cn1ccc(C(=O)CCc2ccncc2)n1. The quantitative estimate of drug-likeness (QED) is 0.728. The molecule has 0 bridgehead atoms. The molecule has 4 nitrogen and oxygen atoms in total. The largest absolute Gasteiger partial charge is 0.292 e. The first kappa shape index (κ1) is 10.5. The van der Waals surface area contributed by atoms with Crippen molar-refractivity contribution in [3.05, 3.63) is 48.0 Å². The van der Waals surface area contributed by atoms with E-state index in [1.165, 1.54) is 0 Å². The molecule has 0 saturated heterocycles. The van der Waals surface area contributed by atoms with Gasteiger partial charge in [0.1, 0.15) is 5.69 Å². The molecule has 2 aromatic rings. The van der Waals surface area contributed by atoms with Gasteiger partial charge in [-0.05, 0) is 30.2 Å². The molecule has 16 heavy (non-hydrogen) atoms. The summed E-state index contributed by atoms with van der Waals surface area (Å²) < 4.78 is 1.64. The van der Waals surface area contributed by atoms with Crippen LogP contribution in [0, 0.1) is 0 Å². The van der Waals surface area contributed by atoms with E-state index in [1.807, 2.05) is 12.1 Å². The van der Waals surface area contributed by atoms with E-state index >= 15 is 0 Å².